The van der Waals surface area contributed by atoms with Gasteiger partial charge in [0.1, 0.15) is 10.6 Å². The second kappa shape index (κ2) is 3.07. The number of alkyl halides is 1. The van der Waals surface area contributed by atoms with Crippen molar-refractivity contribution in [2.75, 3.05) is 0 Å². The van der Waals surface area contributed by atoms with E-state index < -0.39 is 6.10 Å². The quantitative estimate of drug-likeness (QED) is 0.659. The summed E-state index contributed by atoms with van der Waals surface area (Å²) in [5, 5.41) is 18.3. The Bertz CT molecular complexity index is 198. The lowest BCUT2D eigenvalue weighted by atomic mass is 10.1. The Morgan fingerprint density at radius 1 is 1.50 bits per heavy atom. The first-order valence-electron chi connectivity index (χ1n) is 2.72. The maximum atomic E-state index is 9.19. The molecule has 0 radical (unpaired) electrons. The highest BCUT2D eigenvalue weighted by molar-refractivity contribution is 9.12. The van der Waals surface area contributed by atoms with Crippen LogP contribution in [0.1, 0.15) is 0 Å². The van der Waals surface area contributed by atoms with Gasteiger partial charge >= 0.3 is 0 Å². The van der Waals surface area contributed by atoms with Crippen LogP contribution >= 0.6 is 31.9 Å². The molecule has 0 bridgehead atoms. The zero-order valence-corrected chi connectivity index (χ0v) is 8.13. The fourth-order valence-corrected chi connectivity index (χ4v) is 1.79. The lowest BCUT2D eigenvalue weighted by Gasteiger charge is -2.17. The molecule has 0 saturated heterocycles. The average molecular weight is 270 g/mol. The molecule has 0 aliphatic heterocycles. The molecule has 1 aliphatic carbocycles. The van der Waals surface area contributed by atoms with Crippen molar-refractivity contribution in [2.45, 2.75) is 10.9 Å². The number of hydrogen-bond donors (Lipinski definition) is 2. The zero-order valence-electron chi connectivity index (χ0n) is 4.96. The Hall–Kier alpha value is 0.200. The van der Waals surface area contributed by atoms with E-state index in [-0.39, 0.29) is 10.6 Å². The predicted molar refractivity (Wildman–Crippen MR) is 46.4 cm³/mol. The minimum Gasteiger partial charge on any atom is -0.510 e. The average Bonchev–Trinajstić information content (AvgIpc) is 1.93. The van der Waals surface area contributed by atoms with Crippen LogP contribution in [-0.2, 0) is 0 Å². The van der Waals surface area contributed by atoms with Crippen molar-refractivity contribution in [2.24, 2.45) is 0 Å². The van der Waals surface area contributed by atoms with Gasteiger partial charge in [-0.2, -0.15) is 0 Å². The van der Waals surface area contributed by atoms with Gasteiger partial charge in [-0.05, 0) is 22.0 Å². The fourth-order valence-electron chi connectivity index (χ4n) is 0.659. The van der Waals surface area contributed by atoms with Crippen molar-refractivity contribution in [1.29, 1.82) is 0 Å². The van der Waals surface area contributed by atoms with Crippen molar-refractivity contribution in [3.63, 3.8) is 0 Å². The van der Waals surface area contributed by atoms with Gasteiger partial charge in [0.15, 0.2) is 0 Å². The number of aliphatic hydroxyl groups excluding tert-OH is 2. The maximum Gasteiger partial charge on any atom is 0.123 e. The first-order valence-corrected chi connectivity index (χ1v) is 4.43. The Kier molecular flexibility index (Phi) is 2.55. The predicted octanol–water partition coefficient (Wildman–Crippen LogP) is 1.85. The highest BCUT2D eigenvalue weighted by atomic mass is 79.9. The molecule has 10 heavy (non-hydrogen) atoms. The summed E-state index contributed by atoms with van der Waals surface area (Å²) in [6.45, 7) is 0. The van der Waals surface area contributed by atoms with Crippen LogP contribution in [0, 0.1) is 0 Å². The molecule has 2 nitrogen and oxygen atoms in total. The fraction of sp³-hybridized carbons (Fsp3) is 0.333. The van der Waals surface area contributed by atoms with Crippen molar-refractivity contribution in [3.05, 3.63) is 22.4 Å². The Morgan fingerprint density at radius 3 is 2.60 bits per heavy atom. The van der Waals surface area contributed by atoms with Crippen LogP contribution < -0.4 is 0 Å². The summed E-state index contributed by atoms with van der Waals surface area (Å²) in [5.41, 5.74) is 0. The van der Waals surface area contributed by atoms with Crippen LogP contribution in [0.5, 0.6) is 0 Å². The number of allylic oxidation sites excluding steroid dienone is 2. The molecule has 0 aromatic rings. The molecule has 0 fully saturated rings. The Balaban J connectivity index is 2.88. The van der Waals surface area contributed by atoms with Gasteiger partial charge in [-0.3, -0.25) is 0 Å². The Morgan fingerprint density at radius 2 is 2.10 bits per heavy atom. The van der Waals surface area contributed by atoms with Crippen molar-refractivity contribution in [1.82, 2.24) is 0 Å². The van der Waals surface area contributed by atoms with Crippen LogP contribution in [0.15, 0.2) is 22.4 Å². The third kappa shape index (κ3) is 1.44. The zero-order chi connectivity index (χ0) is 7.72. The van der Waals surface area contributed by atoms with E-state index in [1.165, 1.54) is 0 Å². The summed E-state index contributed by atoms with van der Waals surface area (Å²) < 4.78 is 0.611. The minimum atomic E-state index is -0.638. The van der Waals surface area contributed by atoms with Crippen LogP contribution in [-0.4, -0.2) is 21.1 Å². The summed E-state index contributed by atoms with van der Waals surface area (Å²) in [7, 11) is 0. The molecule has 0 aromatic heterocycles. The summed E-state index contributed by atoms with van der Waals surface area (Å²) in [6, 6.07) is 0. The molecule has 0 saturated carbocycles. The lowest BCUT2D eigenvalue weighted by Crippen LogP contribution is -2.22. The first-order chi connectivity index (χ1) is 4.63. The van der Waals surface area contributed by atoms with Crippen molar-refractivity contribution in [3.8, 4) is 0 Å². The van der Waals surface area contributed by atoms with E-state index in [2.05, 4.69) is 31.9 Å². The highest BCUT2D eigenvalue weighted by Crippen LogP contribution is 2.26. The number of rotatable bonds is 0. The molecular formula is C6H6Br2O2. The lowest BCUT2D eigenvalue weighted by molar-refractivity contribution is 0.208. The standard InChI is InChI=1S/C6H6Br2O2/c7-3-1-2-4(9)5(8)6(3)10/h1-2,4-5,9-10H. The van der Waals surface area contributed by atoms with Gasteiger partial charge in [-0.15, -0.1) is 0 Å². The van der Waals surface area contributed by atoms with Crippen molar-refractivity contribution >= 4 is 31.9 Å². The number of aliphatic hydroxyl groups is 2. The van der Waals surface area contributed by atoms with Gasteiger partial charge in [-0.25, -0.2) is 0 Å². The molecule has 0 amide bonds. The van der Waals surface area contributed by atoms with E-state index in [0.29, 0.717) is 4.48 Å². The number of halogens is 2. The van der Waals surface area contributed by atoms with E-state index in [1.807, 2.05) is 0 Å². The topological polar surface area (TPSA) is 40.5 Å². The van der Waals surface area contributed by atoms with Gasteiger partial charge in [0, 0.05) is 0 Å². The highest BCUT2D eigenvalue weighted by Gasteiger charge is 2.22. The summed E-state index contributed by atoms with van der Waals surface area (Å²) in [6.07, 6.45) is 2.59. The third-order valence-electron chi connectivity index (χ3n) is 1.25. The molecule has 0 spiro atoms. The third-order valence-corrected chi connectivity index (χ3v) is 2.89. The van der Waals surface area contributed by atoms with Crippen molar-refractivity contribution < 1.29 is 10.2 Å². The molecule has 1 aliphatic rings. The number of hydrogen-bond acceptors (Lipinski definition) is 2. The van der Waals surface area contributed by atoms with Crippen LogP contribution in [0.3, 0.4) is 0 Å². The van der Waals surface area contributed by atoms with Gasteiger partial charge < -0.3 is 10.2 Å². The smallest absolute Gasteiger partial charge is 0.123 e. The van der Waals surface area contributed by atoms with Crippen LogP contribution in [0.25, 0.3) is 0 Å². The molecule has 1 rings (SSSR count). The second-order valence-electron chi connectivity index (χ2n) is 1.98. The molecule has 2 unspecified atom stereocenters. The summed E-state index contributed by atoms with van der Waals surface area (Å²) in [4.78, 5) is -0.383. The molecular weight excluding hydrogens is 264 g/mol. The first kappa shape index (κ1) is 8.30. The summed E-state index contributed by atoms with van der Waals surface area (Å²) in [5.74, 6) is 0.134. The van der Waals surface area contributed by atoms with Gasteiger partial charge in [0.2, 0.25) is 0 Å². The normalized spacial score (nSPS) is 33.1. The van der Waals surface area contributed by atoms with Crippen LogP contribution in [0.2, 0.25) is 0 Å². The second-order valence-corrected chi connectivity index (χ2v) is 3.83. The SMILES string of the molecule is OC1=C(Br)C=CC(O)C1Br. The van der Waals surface area contributed by atoms with Gasteiger partial charge in [-0.1, -0.05) is 22.0 Å². The van der Waals surface area contributed by atoms with Gasteiger partial charge in [0.05, 0.1) is 10.6 Å². The molecule has 2 N–H and O–H groups in total. The van der Waals surface area contributed by atoms with E-state index in [4.69, 9.17) is 5.11 Å². The van der Waals surface area contributed by atoms with Crippen LogP contribution in [0.4, 0.5) is 0 Å². The molecule has 0 heterocycles. The maximum absolute atomic E-state index is 9.19. The molecule has 0 aromatic carbocycles. The monoisotopic (exact) mass is 268 g/mol. The molecule has 2 atom stereocenters. The van der Waals surface area contributed by atoms with E-state index in [1.54, 1.807) is 12.2 Å². The summed E-state index contributed by atoms with van der Waals surface area (Å²) >= 11 is 6.24. The Labute approximate surface area is 75.5 Å². The van der Waals surface area contributed by atoms with E-state index in [9.17, 15) is 5.11 Å². The molecule has 56 valence electrons. The van der Waals surface area contributed by atoms with E-state index >= 15 is 0 Å². The minimum absolute atomic E-state index is 0.134. The molecule has 4 heteroatoms. The van der Waals surface area contributed by atoms with Gasteiger partial charge in [0.25, 0.3) is 0 Å². The van der Waals surface area contributed by atoms with E-state index in [0.717, 1.165) is 0 Å². The largest absolute Gasteiger partial charge is 0.510 e.